The number of nitrogens with zero attached hydrogens (tertiary/aromatic N) is 2. The van der Waals surface area contributed by atoms with E-state index in [0.29, 0.717) is 13.1 Å². The summed E-state index contributed by atoms with van der Waals surface area (Å²) in [5.41, 5.74) is 1.33. The van der Waals surface area contributed by atoms with Crippen molar-refractivity contribution in [3.8, 4) is 0 Å². The lowest BCUT2D eigenvalue weighted by Gasteiger charge is -2.24. The minimum absolute atomic E-state index is 0.0822. The Balaban J connectivity index is 1.43. The maximum absolute atomic E-state index is 12.1. The Morgan fingerprint density at radius 1 is 1.08 bits per heavy atom. The Bertz CT molecular complexity index is 503. The SMILES string of the molecule is O=C(CN1CCCC1)NCC1CN(Cc2ccccc2)CCCO1. The van der Waals surface area contributed by atoms with Crippen molar-refractivity contribution in [3.63, 3.8) is 0 Å². The van der Waals surface area contributed by atoms with Gasteiger partial charge in [-0.25, -0.2) is 0 Å². The zero-order valence-electron chi connectivity index (χ0n) is 14.5. The molecular formula is C19H29N3O2. The topological polar surface area (TPSA) is 44.8 Å². The van der Waals surface area contributed by atoms with E-state index >= 15 is 0 Å². The predicted molar refractivity (Wildman–Crippen MR) is 94.8 cm³/mol. The van der Waals surface area contributed by atoms with Crippen molar-refractivity contribution < 1.29 is 9.53 Å². The predicted octanol–water partition coefficient (Wildman–Crippen LogP) is 1.49. The molecule has 2 saturated heterocycles. The third kappa shape index (κ3) is 5.58. The second-order valence-electron chi connectivity index (χ2n) is 6.85. The van der Waals surface area contributed by atoms with Crippen LogP contribution in [0.2, 0.25) is 0 Å². The Morgan fingerprint density at radius 3 is 2.62 bits per heavy atom. The molecule has 2 aliphatic rings. The Hall–Kier alpha value is -1.43. The molecule has 0 spiro atoms. The number of hydrogen-bond donors (Lipinski definition) is 1. The van der Waals surface area contributed by atoms with E-state index in [2.05, 4.69) is 39.4 Å². The highest BCUT2D eigenvalue weighted by atomic mass is 16.5. The van der Waals surface area contributed by atoms with Crippen molar-refractivity contribution in [1.82, 2.24) is 15.1 Å². The summed E-state index contributed by atoms with van der Waals surface area (Å²) in [6.45, 7) is 6.89. The Kier molecular flexibility index (Phi) is 6.64. The number of rotatable bonds is 6. The van der Waals surface area contributed by atoms with Crippen LogP contribution in [-0.2, 0) is 16.1 Å². The average molecular weight is 331 g/mol. The molecule has 0 radical (unpaired) electrons. The summed E-state index contributed by atoms with van der Waals surface area (Å²) in [4.78, 5) is 16.7. The van der Waals surface area contributed by atoms with E-state index in [-0.39, 0.29) is 12.0 Å². The molecule has 1 unspecified atom stereocenters. The maximum atomic E-state index is 12.1. The van der Waals surface area contributed by atoms with Gasteiger partial charge in [0.05, 0.1) is 12.6 Å². The van der Waals surface area contributed by atoms with E-state index in [1.54, 1.807) is 0 Å². The second kappa shape index (κ2) is 9.16. The number of amides is 1. The zero-order valence-corrected chi connectivity index (χ0v) is 14.5. The van der Waals surface area contributed by atoms with Gasteiger partial charge in [0.15, 0.2) is 0 Å². The van der Waals surface area contributed by atoms with Crippen LogP contribution in [0.25, 0.3) is 0 Å². The zero-order chi connectivity index (χ0) is 16.6. The van der Waals surface area contributed by atoms with Gasteiger partial charge in [-0.1, -0.05) is 30.3 Å². The van der Waals surface area contributed by atoms with Gasteiger partial charge in [0.1, 0.15) is 0 Å². The lowest BCUT2D eigenvalue weighted by Crippen LogP contribution is -2.43. The van der Waals surface area contributed by atoms with Crippen molar-refractivity contribution in [2.24, 2.45) is 0 Å². The lowest BCUT2D eigenvalue weighted by atomic mass is 10.2. The molecule has 2 heterocycles. The number of likely N-dealkylation sites (tertiary alicyclic amines) is 1. The van der Waals surface area contributed by atoms with Gasteiger partial charge in [0, 0.05) is 32.8 Å². The molecule has 5 heteroatoms. The van der Waals surface area contributed by atoms with Crippen molar-refractivity contribution >= 4 is 5.91 Å². The highest BCUT2D eigenvalue weighted by Crippen LogP contribution is 2.11. The quantitative estimate of drug-likeness (QED) is 0.858. The molecule has 2 aliphatic heterocycles. The van der Waals surface area contributed by atoms with E-state index in [0.717, 1.165) is 45.8 Å². The van der Waals surface area contributed by atoms with Crippen LogP contribution in [0.15, 0.2) is 30.3 Å². The fraction of sp³-hybridized carbons (Fsp3) is 0.632. The fourth-order valence-corrected chi connectivity index (χ4v) is 3.51. The van der Waals surface area contributed by atoms with E-state index in [1.807, 2.05) is 6.07 Å². The molecule has 24 heavy (non-hydrogen) atoms. The summed E-state index contributed by atoms with van der Waals surface area (Å²) in [5, 5.41) is 3.06. The minimum atomic E-state index is 0.0822. The average Bonchev–Trinajstić information content (AvgIpc) is 2.99. The van der Waals surface area contributed by atoms with Crippen molar-refractivity contribution in [2.75, 3.05) is 45.9 Å². The molecule has 1 atom stereocenters. The Morgan fingerprint density at radius 2 is 1.83 bits per heavy atom. The summed E-state index contributed by atoms with van der Waals surface area (Å²) in [6, 6.07) is 10.5. The smallest absolute Gasteiger partial charge is 0.234 e. The number of carbonyl (C=O) groups excluding carboxylic acids is 1. The van der Waals surface area contributed by atoms with Crippen LogP contribution in [0, 0.1) is 0 Å². The highest BCUT2D eigenvalue weighted by molar-refractivity contribution is 5.78. The van der Waals surface area contributed by atoms with Gasteiger partial charge in [-0.15, -0.1) is 0 Å². The van der Waals surface area contributed by atoms with E-state index in [4.69, 9.17) is 4.74 Å². The first-order valence-corrected chi connectivity index (χ1v) is 9.16. The van der Waals surface area contributed by atoms with Crippen LogP contribution >= 0.6 is 0 Å². The van der Waals surface area contributed by atoms with Gasteiger partial charge in [0.25, 0.3) is 0 Å². The summed E-state index contributed by atoms with van der Waals surface area (Å²) >= 11 is 0. The highest BCUT2D eigenvalue weighted by Gasteiger charge is 2.20. The maximum Gasteiger partial charge on any atom is 0.234 e. The van der Waals surface area contributed by atoms with Crippen LogP contribution in [0.1, 0.15) is 24.8 Å². The largest absolute Gasteiger partial charge is 0.375 e. The van der Waals surface area contributed by atoms with E-state index in [9.17, 15) is 4.79 Å². The summed E-state index contributed by atoms with van der Waals surface area (Å²) in [6.07, 6.45) is 3.56. The molecule has 5 nitrogen and oxygen atoms in total. The van der Waals surface area contributed by atoms with Crippen molar-refractivity contribution in [1.29, 1.82) is 0 Å². The second-order valence-corrected chi connectivity index (χ2v) is 6.85. The van der Waals surface area contributed by atoms with Crippen LogP contribution in [0.5, 0.6) is 0 Å². The fourth-order valence-electron chi connectivity index (χ4n) is 3.51. The van der Waals surface area contributed by atoms with Gasteiger partial charge in [-0.3, -0.25) is 14.6 Å². The Labute approximate surface area is 145 Å². The molecule has 2 fully saturated rings. The monoisotopic (exact) mass is 331 g/mol. The minimum Gasteiger partial charge on any atom is -0.375 e. The molecule has 1 amide bonds. The van der Waals surface area contributed by atoms with Gasteiger partial charge in [0.2, 0.25) is 5.91 Å². The summed E-state index contributed by atoms with van der Waals surface area (Å²) < 4.78 is 5.92. The number of carbonyl (C=O) groups is 1. The molecule has 1 aromatic rings. The molecule has 0 bridgehead atoms. The first-order valence-electron chi connectivity index (χ1n) is 9.16. The summed E-state index contributed by atoms with van der Waals surface area (Å²) in [7, 11) is 0. The van der Waals surface area contributed by atoms with Gasteiger partial charge >= 0.3 is 0 Å². The van der Waals surface area contributed by atoms with Crippen molar-refractivity contribution in [3.05, 3.63) is 35.9 Å². The first-order chi connectivity index (χ1) is 11.8. The third-order valence-electron chi connectivity index (χ3n) is 4.78. The number of nitrogens with one attached hydrogen (secondary N) is 1. The standard InChI is InChI=1S/C19H29N3O2/c23-19(16-21-9-4-5-10-21)20-13-18-15-22(11-6-12-24-18)14-17-7-2-1-3-8-17/h1-3,7-8,18H,4-6,9-16H2,(H,20,23). The normalized spacial score (nSPS) is 23.1. The third-order valence-corrected chi connectivity index (χ3v) is 4.78. The van der Waals surface area contributed by atoms with Gasteiger partial charge in [-0.2, -0.15) is 0 Å². The number of ether oxygens (including phenoxy) is 1. The van der Waals surface area contributed by atoms with Crippen LogP contribution in [0.3, 0.4) is 0 Å². The molecule has 132 valence electrons. The molecule has 0 saturated carbocycles. The molecule has 1 N–H and O–H groups in total. The molecule has 0 aliphatic carbocycles. The van der Waals surface area contributed by atoms with Crippen LogP contribution < -0.4 is 5.32 Å². The van der Waals surface area contributed by atoms with E-state index < -0.39 is 0 Å². The van der Waals surface area contributed by atoms with E-state index in [1.165, 1.54) is 18.4 Å². The van der Waals surface area contributed by atoms with Crippen LogP contribution in [-0.4, -0.2) is 67.7 Å². The lowest BCUT2D eigenvalue weighted by molar-refractivity contribution is -0.122. The first kappa shape index (κ1) is 17.4. The molecule has 1 aromatic carbocycles. The molecular weight excluding hydrogens is 302 g/mol. The summed E-state index contributed by atoms with van der Waals surface area (Å²) in [5.74, 6) is 0.124. The van der Waals surface area contributed by atoms with Gasteiger partial charge < -0.3 is 10.1 Å². The van der Waals surface area contributed by atoms with Crippen molar-refractivity contribution in [2.45, 2.75) is 31.9 Å². The van der Waals surface area contributed by atoms with Crippen LogP contribution in [0.4, 0.5) is 0 Å². The number of hydrogen-bond acceptors (Lipinski definition) is 4. The van der Waals surface area contributed by atoms with Gasteiger partial charge in [-0.05, 0) is 37.9 Å². The number of benzene rings is 1. The molecule has 0 aromatic heterocycles. The molecule has 3 rings (SSSR count).